The van der Waals surface area contributed by atoms with Crippen LogP contribution in [0.4, 0.5) is 5.82 Å². The predicted octanol–water partition coefficient (Wildman–Crippen LogP) is 4.41. The van der Waals surface area contributed by atoms with Crippen molar-refractivity contribution in [2.45, 2.75) is 19.9 Å². The number of rotatable bonds is 3. The van der Waals surface area contributed by atoms with Crippen LogP contribution in [0.5, 0.6) is 0 Å². The minimum absolute atomic E-state index is 0.0568. The summed E-state index contributed by atoms with van der Waals surface area (Å²) in [6, 6.07) is 14.8. The van der Waals surface area contributed by atoms with E-state index >= 15 is 0 Å². The topological polar surface area (TPSA) is 55.1 Å². The lowest BCUT2D eigenvalue weighted by molar-refractivity contribution is 0.839. The second kappa shape index (κ2) is 5.76. The van der Waals surface area contributed by atoms with Crippen LogP contribution in [0.3, 0.4) is 0 Å². The maximum atomic E-state index is 6.44. The largest absolute Gasteiger partial charge is 0.362 e. The summed E-state index contributed by atoms with van der Waals surface area (Å²) in [5.74, 6) is 1.24. The summed E-state index contributed by atoms with van der Waals surface area (Å²) < 4.78 is 1.63. The van der Waals surface area contributed by atoms with Gasteiger partial charge in [0.15, 0.2) is 5.82 Å². The van der Waals surface area contributed by atoms with E-state index in [1.165, 1.54) is 22.7 Å². The number of fused-ring (bicyclic) bond motifs is 2. The Bertz CT molecular complexity index is 1040. The molecule has 5 nitrogen and oxygen atoms in total. The number of benzene rings is 2. The molecule has 0 radical (unpaired) electrons. The molecule has 0 bridgehead atoms. The zero-order valence-corrected chi connectivity index (χ0v) is 14.1. The van der Waals surface area contributed by atoms with Gasteiger partial charge in [0.05, 0.1) is 11.7 Å². The van der Waals surface area contributed by atoms with Gasteiger partial charge in [-0.3, -0.25) is 0 Å². The SMILES string of the molecule is Cc1nc2ncnn2c(N[C@@H](C)c2ccc3ccccc3c2)c1Cl. The highest BCUT2D eigenvalue weighted by Crippen LogP contribution is 2.29. The van der Waals surface area contributed by atoms with Gasteiger partial charge in [0, 0.05) is 0 Å². The first-order valence-electron chi connectivity index (χ1n) is 7.74. The number of aryl methyl sites for hydroxylation is 1. The molecule has 24 heavy (non-hydrogen) atoms. The Morgan fingerprint density at radius 2 is 1.92 bits per heavy atom. The van der Waals surface area contributed by atoms with Crippen LogP contribution >= 0.6 is 11.6 Å². The fourth-order valence-corrected chi connectivity index (χ4v) is 3.00. The van der Waals surface area contributed by atoms with Gasteiger partial charge in [-0.25, -0.2) is 4.98 Å². The van der Waals surface area contributed by atoms with Gasteiger partial charge in [-0.1, -0.05) is 48.0 Å². The fourth-order valence-electron chi connectivity index (χ4n) is 2.82. The first-order chi connectivity index (χ1) is 11.6. The van der Waals surface area contributed by atoms with Crippen molar-refractivity contribution in [2.24, 2.45) is 0 Å². The van der Waals surface area contributed by atoms with Crippen molar-refractivity contribution >= 4 is 34.0 Å². The van der Waals surface area contributed by atoms with Crippen LogP contribution in [-0.4, -0.2) is 19.6 Å². The minimum atomic E-state index is 0.0568. The molecule has 0 spiro atoms. The number of nitrogens with zero attached hydrogens (tertiary/aromatic N) is 4. The molecule has 2 aromatic heterocycles. The Labute approximate surface area is 144 Å². The molecule has 0 saturated carbocycles. The van der Waals surface area contributed by atoms with Crippen molar-refractivity contribution in [3.05, 3.63) is 65.1 Å². The predicted molar refractivity (Wildman–Crippen MR) is 96.5 cm³/mol. The highest BCUT2D eigenvalue weighted by atomic mass is 35.5. The van der Waals surface area contributed by atoms with Gasteiger partial charge in [-0.15, -0.1) is 0 Å². The first-order valence-corrected chi connectivity index (χ1v) is 8.12. The maximum Gasteiger partial charge on any atom is 0.254 e. The standard InChI is InChI=1S/C18H16ClN5/c1-11(14-8-7-13-5-3-4-6-15(13)9-14)22-17-16(19)12(2)23-18-20-10-21-24(17)18/h3-11,22H,1-2H3/t11-/m0/s1. The molecule has 2 heterocycles. The lowest BCUT2D eigenvalue weighted by Gasteiger charge is -2.18. The van der Waals surface area contributed by atoms with Gasteiger partial charge in [-0.05, 0) is 36.2 Å². The Balaban J connectivity index is 1.74. The summed E-state index contributed by atoms with van der Waals surface area (Å²) >= 11 is 6.44. The molecule has 2 aromatic carbocycles. The molecule has 0 amide bonds. The summed E-state index contributed by atoms with van der Waals surface area (Å²) in [5, 5.41) is 10.7. The minimum Gasteiger partial charge on any atom is -0.362 e. The summed E-state index contributed by atoms with van der Waals surface area (Å²) in [4.78, 5) is 8.48. The van der Waals surface area contributed by atoms with E-state index in [1.54, 1.807) is 4.52 Å². The van der Waals surface area contributed by atoms with Gasteiger partial charge in [0.25, 0.3) is 5.78 Å². The molecule has 0 saturated heterocycles. The molecule has 0 aliphatic heterocycles. The molecule has 120 valence electrons. The van der Waals surface area contributed by atoms with Gasteiger partial charge < -0.3 is 5.32 Å². The van der Waals surface area contributed by atoms with E-state index in [1.807, 2.05) is 19.1 Å². The zero-order valence-electron chi connectivity index (χ0n) is 13.4. The summed E-state index contributed by atoms with van der Waals surface area (Å²) in [5.41, 5.74) is 1.90. The molecule has 0 aliphatic carbocycles. The van der Waals surface area contributed by atoms with E-state index in [9.17, 15) is 0 Å². The quantitative estimate of drug-likeness (QED) is 0.601. The second-order valence-electron chi connectivity index (χ2n) is 5.80. The first kappa shape index (κ1) is 14.9. The molecule has 1 N–H and O–H groups in total. The fraction of sp³-hybridized carbons (Fsp3) is 0.167. The molecule has 0 aliphatic rings. The van der Waals surface area contributed by atoms with E-state index in [0.717, 1.165) is 5.69 Å². The molecule has 4 rings (SSSR count). The smallest absolute Gasteiger partial charge is 0.254 e. The van der Waals surface area contributed by atoms with Crippen molar-refractivity contribution < 1.29 is 0 Å². The highest BCUT2D eigenvalue weighted by molar-refractivity contribution is 6.33. The molecule has 4 aromatic rings. The van der Waals surface area contributed by atoms with Crippen LogP contribution in [0.1, 0.15) is 24.2 Å². The number of anilines is 1. The van der Waals surface area contributed by atoms with Crippen LogP contribution < -0.4 is 5.32 Å². The van der Waals surface area contributed by atoms with Crippen molar-refractivity contribution in [3.63, 3.8) is 0 Å². The average Bonchev–Trinajstić information content (AvgIpc) is 3.06. The zero-order chi connectivity index (χ0) is 16.7. The molecule has 1 atom stereocenters. The van der Waals surface area contributed by atoms with Crippen LogP contribution in [0.15, 0.2) is 48.8 Å². The Morgan fingerprint density at radius 3 is 2.75 bits per heavy atom. The van der Waals surface area contributed by atoms with E-state index in [-0.39, 0.29) is 6.04 Å². The summed E-state index contributed by atoms with van der Waals surface area (Å²) in [7, 11) is 0. The van der Waals surface area contributed by atoms with Crippen LogP contribution in [-0.2, 0) is 0 Å². The summed E-state index contributed by atoms with van der Waals surface area (Å²) in [6.45, 7) is 3.96. The second-order valence-corrected chi connectivity index (χ2v) is 6.18. The number of hydrogen-bond donors (Lipinski definition) is 1. The third-order valence-corrected chi connectivity index (χ3v) is 4.61. The molecule has 6 heteroatoms. The van der Waals surface area contributed by atoms with E-state index in [2.05, 4.69) is 57.6 Å². The number of nitrogens with one attached hydrogen (secondary N) is 1. The van der Waals surface area contributed by atoms with E-state index in [4.69, 9.17) is 11.6 Å². The Kier molecular flexibility index (Phi) is 3.58. The van der Waals surface area contributed by atoms with Gasteiger partial charge >= 0.3 is 0 Å². The molecule has 0 unspecified atom stereocenters. The van der Waals surface area contributed by atoms with E-state index in [0.29, 0.717) is 16.6 Å². The van der Waals surface area contributed by atoms with Crippen molar-refractivity contribution in [3.8, 4) is 0 Å². The van der Waals surface area contributed by atoms with Crippen molar-refractivity contribution in [1.82, 2.24) is 19.6 Å². The van der Waals surface area contributed by atoms with Crippen LogP contribution in [0.2, 0.25) is 5.02 Å². The van der Waals surface area contributed by atoms with Gasteiger partial charge in [0.1, 0.15) is 11.3 Å². The Hall–Kier alpha value is -2.66. The average molecular weight is 338 g/mol. The molecular weight excluding hydrogens is 322 g/mol. The normalized spacial score (nSPS) is 12.6. The lowest BCUT2D eigenvalue weighted by atomic mass is 10.0. The van der Waals surface area contributed by atoms with Gasteiger partial charge in [0.2, 0.25) is 0 Å². The lowest BCUT2D eigenvalue weighted by Crippen LogP contribution is -2.12. The summed E-state index contributed by atoms with van der Waals surface area (Å²) in [6.07, 6.45) is 1.48. The monoisotopic (exact) mass is 337 g/mol. The number of aromatic nitrogens is 4. The van der Waals surface area contributed by atoms with Crippen molar-refractivity contribution in [2.75, 3.05) is 5.32 Å². The number of halogens is 1. The van der Waals surface area contributed by atoms with Crippen LogP contribution in [0, 0.1) is 6.92 Å². The van der Waals surface area contributed by atoms with Crippen LogP contribution in [0.25, 0.3) is 16.6 Å². The van der Waals surface area contributed by atoms with Gasteiger partial charge in [-0.2, -0.15) is 14.6 Å². The third-order valence-electron chi connectivity index (χ3n) is 4.16. The van der Waals surface area contributed by atoms with Crippen molar-refractivity contribution in [1.29, 1.82) is 0 Å². The maximum absolute atomic E-state index is 6.44. The molecule has 0 fully saturated rings. The highest BCUT2D eigenvalue weighted by Gasteiger charge is 2.15. The molecular formula is C18H16ClN5. The third kappa shape index (κ3) is 2.47. The van der Waals surface area contributed by atoms with E-state index < -0.39 is 0 Å². The number of hydrogen-bond acceptors (Lipinski definition) is 4. The Morgan fingerprint density at radius 1 is 1.12 bits per heavy atom.